The van der Waals surface area contributed by atoms with E-state index in [1.165, 1.54) is 74.4 Å². The molecule has 0 N–H and O–H groups in total. The molecule has 1 heterocycles. The Morgan fingerprint density at radius 2 is 0.979 bits per heavy atom. The molecule has 48 heavy (non-hydrogen) atoms. The Hall–Kier alpha value is -5.96. The van der Waals surface area contributed by atoms with E-state index in [4.69, 9.17) is 0 Å². The predicted octanol–water partition coefficient (Wildman–Crippen LogP) is 13.8. The van der Waals surface area contributed by atoms with Crippen molar-refractivity contribution in [1.82, 2.24) is 0 Å². The van der Waals surface area contributed by atoms with Gasteiger partial charge in [0.25, 0.3) is 0 Å². The van der Waals surface area contributed by atoms with Crippen LogP contribution in [0.5, 0.6) is 0 Å². The van der Waals surface area contributed by atoms with Gasteiger partial charge in [-0.2, -0.15) is 0 Å². The van der Waals surface area contributed by atoms with Crippen LogP contribution in [0, 0.1) is 0 Å². The van der Waals surface area contributed by atoms with Gasteiger partial charge in [-0.3, -0.25) is 0 Å². The maximum absolute atomic E-state index is 2.37. The number of para-hydroxylation sites is 1. The highest BCUT2D eigenvalue weighted by Crippen LogP contribution is 2.42. The van der Waals surface area contributed by atoms with E-state index in [2.05, 4.69) is 181 Å². The Morgan fingerprint density at radius 1 is 0.333 bits per heavy atom. The first-order chi connectivity index (χ1) is 23.8. The highest BCUT2D eigenvalue weighted by atomic mass is 32.1. The van der Waals surface area contributed by atoms with Crippen molar-refractivity contribution in [3.8, 4) is 11.1 Å². The molecule has 0 atom stereocenters. The number of hydrogen-bond donors (Lipinski definition) is 0. The summed E-state index contributed by atoms with van der Waals surface area (Å²) < 4.78 is 2.67. The third-order valence-electron chi connectivity index (χ3n) is 9.78. The molecule has 0 aliphatic rings. The molecule has 0 fully saturated rings. The average Bonchev–Trinajstić information content (AvgIpc) is 3.51. The molecule has 2 heteroatoms. The fourth-order valence-corrected chi connectivity index (χ4v) is 8.66. The predicted molar refractivity (Wildman–Crippen MR) is 209 cm³/mol. The van der Waals surface area contributed by atoms with Crippen molar-refractivity contribution in [3.05, 3.63) is 176 Å². The fraction of sp³-hybridized carbons (Fsp3) is 0. The van der Waals surface area contributed by atoms with Crippen LogP contribution >= 0.6 is 11.3 Å². The van der Waals surface area contributed by atoms with Crippen LogP contribution in [0.15, 0.2) is 176 Å². The number of thiophene rings is 1. The first kappa shape index (κ1) is 27.2. The van der Waals surface area contributed by atoms with E-state index in [0.717, 1.165) is 17.1 Å². The highest BCUT2D eigenvalue weighted by Gasteiger charge is 2.16. The molecule has 0 spiro atoms. The summed E-state index contributed by atoms with van der Waals surface area (Å²) in [4.78, 5) is 2.37. The molecule has 1 nitrogen and oxygen atoms in total. The number of nitrogens with zero attached hydrogens (tertiary/aromatic N) is 1. The maximum Gasteiger partial charge on any atom is 0.0468 e. The Bertz CT molecular complexity index is 2820. The van der Waals surface area contributed by atoms with Crippen molar-refractivity contribution in [3.63, 3.8) is 0 Å². The van der Waals surface area contributed by atoms with Gasteiger partial charge in [0.2, 0.25) is 0 Å². The quantitative estimate of drug-likeness (QED) is 0.176. The number of hydrogen-bond acceptors (Lipinski definition) is 2. The van der Waals surface area contributed by atoms with Crippen molar-refractivity contribution in [2.75, 3.05) is 4.90 Å². The van der Waals surface area contributed by atoms with Crippen LogP contribution in [0.2, 0.25) is 0 Å². The zero-order valence-corrected chi connectivity index (χ0v) is 26.9. The topological polar surface area (TPSA) is 3.24 Å². The van der Waals surface area contributed by atoms with E-state index in [0.29, 0.717) is 0 Å². The Kier molecular flexibility index (Phi) is 6.12. The second-order valence-corrected chi connectivity index (χ2v) is 13.6. The smallest absolute Gasteiger partial charge is 0.0468 e. The zero-order chi connectivity index (χ0) is 31.6. The summed E-state index contributed by atoms with van der Waals surface area (Å²) in [7, 11) is 0. The molecule has 0 saturated carbocycles. The van der Waals surface area contributed by atoms with E-state index in [1.54, 1.807) is 0 Å². The van der Waals surface area contributed by atoms with E-state index in [1.807, 2.05) is 11.3 Å². The van der Waals surface area contributed by atoms with Gasteiger partial charge in [-0.15, -0.1) is 11.3 Å². The number of rotatable bonds is 4. The van der Waals surface area contributed by atoms with Crippen molar-refractivity contribution in [1.29, 1.82) is 0 Å². The third kappa shape index (κ3) is 4.31. The van der Waals surface area contributed by atoms with Gasteiger partial charge >= 0.3 is 0 Å². The van der Waals surface area contributed by atoms with Crippen LogP contribution < -0.4 is 4.90 Å². The highest BCUT2D eigenvalue weighted by molar-refractivity contribution is 7.25. The maximum atomic E-state index is 2.37. The van der Waals surface area contributed by atoms with Crippen LogP contribution in [-0.4, -0.2) is 0 Å². The molecule has 0 radical (unpaired) electrons. The van der Waals surface area contributed by atoms with Gasteiger partial charge in [-0.1, -0.05) is 121 Å². The van der Waals surface area contributed by atoms with Gasteiger partial charge in [0, 0.05) is 37.2 Å². The van der Waals surface area contributed by atoms with Gasteiger partial charge in [0.15, 0.2) is 0 Å². The third-order valence-corrected chi connectivity index (χ3v) is 10.9. The van der Waals surface area contributed by atoms with Crippen molar-refractivity contribution >= 4 is 91.7 Å². The molecular weight excluding hydrogens is 599 g/mol. The lowest BCUT2D eigenvalue weighted by Gasteiger charge is -2.26. The molecule has 10 rings (SSSR count). The summed E-state index contributed by atoms with van der Waals surface area (Å²) in [5.74, 6) is 0. The number of fused-ring (bicyclic) bond motifs is 9. The standard InChI is InChI=1S/C46H29NS/c1-2-11-36(12-3-1)47(38-26-23-34-29-44-42(28-35(34)27-38)41-14-6-7-16-43(41)48-44)37-24-21-31(22-25-37)40-15-8-10-32-19-20-33-18-17-30-9-4-5-13-39(30)46(33)45(32)40/h1-29H. The monoisotopic (exact) mass is 627 g/mol. The van der Waals surface area contributed by atoms with E-state index in [9.17, 15) is 0 Å². The minimum absolute atomic E-state index is 1.13. The van der Waals surface area contributed by atoms with Crippen LogP contribution in [-0.2, 0) is 0 Å². The number of benzene rings is 9. The van der Waals surface area contributed by atoms with Gasteiger partial charge in [0.05, 0.1) is 0 Å². The molecule has 0 aliphatic heterocycles. The molecule has 224 valence electrons. The molecule has 0 amide bonds. The van der Waals surface area contributed by atoms with E-state index >= 15 is 0 Å². The largest absolute Gasteiger partial charge is 0.310 e. The Morgan fingerprint density at radius 3 is 1.83 bits per heavy atom. The van der Waals surface area contributed by atoms with Gasteiger partial charge in [0.1, 0.15) is 0 Å². The second-order valence-electron chi connectivity index (χ2n) is 12.5. The van der Waals surface area contributed by atoms with Crippen LogP contribution in [0.1, 0.15) is 0 Å². The van der Waals surface area contributed by atoms with E-state index in [-0.39, 0.29) is 0 Å². The molecule has 9 aromatic carbocycles. The lowest BCUT2D eigenvalue weighted by atomic mass is 9.91. The van der Waals surface area contributed by atoms with Crippen LogP contribution in [0.4, 0.5) is 17.1 Å². The fourth-order valence-electron chi connectivity index (χ4n) is 7.52. The SMILES string of the molecule is c1ccc(N(c2ccc(-c3cccc4ccc5ccc6ccccc6c5c34)cc2)c2ccc3cc4sc5ccccc5c4cc3c2)cc1. The summed E-state index contributed by atoms with van der Waals surface area (Å²) in [6.07, 6.45) is 0. The summed E-state index contributed by atoms with van der Waals surface area (Å²) in [5.41, 5.74) is 5.87. The first-order valence-corrected chi connectivity index (χ1v) is 17.2. The van der Waals surface area contributed by atoms with Crippen LogP contribution in [0.25, 0.3) is 74.4 Å². The lowest BCUT2D eigenvalue weighted by molar-refractivity contribution is 1.29. The van der Waals surface area contributed by atoms with Gasteiger partial charge in [-0.25, -0.2) is 0 Å². The Balaban J connectivity index is 1.13. The summed E-state index contributed by atoms with van der Waals surface area (Å²) in [5, 5.41) is 12.9. The van der Waals surface area contributed by atoms with Crippen LogP contribution in [0.3, 0.4) is 0 Å². The molecule has 0 bridgehead atoms. The van der Waals surface area contributed by atoms with Crippen molar-refractivity contribution < 1.29 is 0 Å². The second kappa shape index (κ2) is 10.8. The van der Waals surface area contributed by atoms with Gasteiger partial charge < -0.3 is 4.90 Å². The molecule has 1 aromatic heterocycles. The lowest BCUT2D eigenvalue weighted by Crippen LogP contribution is -2.09. The molecular formula is C46H29NS. The summed E-state index contributed by atoms with van der Waals surface area (Å²) in [6.45, 7) is 0. The number of anilines is 3. The molecule has 0 aliphatic carbocycles. The van der Waals surface area contributed by atoms with Gasteiger partial charge in [-0.05, 0) is 109 Å². The summed E-state index contributed by atoms with van der Waals surface area (Å²) >= 11 is 1.87. The molecule has 10 aromatic rings. The normalized spacial score (nSPS) is 11.8. The van der Waals surface area contributed by atoms with Crippen molar-refractivity contribution in [2.45, 2.75) is 0 Å². The molecule has 0 saturated heterocycles. The Labute approximate surface area is 282 Å². The minimum Gasteiger partial charge on any atom is -0.310 e. The minimum atomic E-state index is 1.13. The van der Waals surface area contributed by atoms with Crippen molar-refractivity contribution in [2.24, 2.45) is 0 Å². The molecule has 0 unspecified atom stereocenters. The zero-order valence-electron chi connectivity index (χ0n) is 26.1. The first-order valence-electron chi connectivity index (χ1n) is 16.4. The average molecular weight is 628 g/mol. The summed E-state index contributed by atoms with van der Waals surface area (Å²) in [6, 6.07) is 64.5. The van der Waals surface area contributed by atoms with E-state index < -0.39 is 0 Å².